The average Bonchev–Trinajstić information content (AvgIpc) is 2.03. The molecule has 0 saturated heterocycles. The second-order valence-electron chi connectivity index (χ2n) is 2.88. The monoisotopic (exact) mass is 198 g/mol. The van der Waals surface area contributed by atoms with E-state index in [0.29, 0.717) is 5.02 Å². The van der Waals surface area contributed by atoms with Crippen molar-refractivity contribution in [3.8, 4) is 0 Å². The third kappa shape index (κ3) is 2.20. The maximum atomic E-state index is 10.8. The number of aryl methyl sites for hydroxylation is 1. The zero-order valence-electron chi connectivity index (χ0n) is 7.25. The summed E-state index contributed by atoms with van der Waals surface area (Å²) in [5, 5.41) is 0.623. The van der Waals surface area contributed by atoms with Gasteiger partial charge in [-0.25, -0.2) is 0 Å². The standard InChI is InChI=1S/C9H11ClN2O/c1-5-4-6(10)2-3-7(5)8(11)9(12)13/h2-4,8H,11H2,1H3,(H2,12,13). The summed E-state index contributed by atoms with van der Waals surface area (Å²) in [4.78, 5) is 10.8. The van der Waals surface area contributed by atoms with Crippen molar-refractivity contribution in [2.45, 2.75) is 13.0 Å². The van der Waals surface area contributed by atoms with Crippen LogP contribution in [0.15, 0.2) is 18.2 Å². The summed E-state index contributed by atoms with van der Waals surface area (Å²) in [7, 11) is 0. The van der Waals surface area contributed by atoms with Crippen LogP contribution >= 0.6 is 11.6 Å². The third-order valence-electron chi connectivity index (χ3n) is 1.87. The quantitative estimate of drug-likeness (QED) is 0.748. The molecule has 0 bridgehead atoms. The van der Waals surface area contributed by atoms with Gasteiger partial charge in [0.1, 0.15) is 6.04 Å². The maximum Gasteiger partial charge on any atom is 0.238 e. The molecule has 0 radical (unpaired) electrons. The van der Waals surface area contributed by atoms with Crippen molar-refractivity contribution in [3.63, 3.8) is 0 Å². The predicted molar refractivity (Wildman–Crippen MR) is 52.3 cm³/mol. The Morgan fingerprint density at radius 1 is 1.54 bits per heavy atom. The molecule has 1 amide bonds. The third-order valence-corrected chi connectivity index (χ3v) is 2.11. The van der Waals surface area contributed by atoms with Gasteiger partial charge in [-0.3, -0.25) is 4.79 Å². The van der Waals surface area contributed by atoms with Crippen LogP contribution in [0.1, 0.15) is 17.2 Å². The Hall–Kier alpha value is -1.06. The Bertz CT molecular complexity index is 338. The molecule has 0 fully saturated rings. The van der Waals surface area contributed by atoms with Crippen LogP contribution in [0.2, 0.25) is 5.02 Å². The molecule has 4 heteroatoms. The molecule has 0 aromatic heterocycles. The molecule has 1 aromatic rings. The van der Waals surface area contributed by atoms with E-state index in [9.17, 15) is 4.79 Å². The van der Waals surface area contributed by atoms with E-state index in [-0.39, 0.29) is 0 Å². The summed E-state index contributed by atoms with van der Waals surface area (Å²) >= 11 is 5.74. The number of benzene rings is 1. The lowest BCUT2D eigenvalue weighted by molar-refractivity contribution is -0.119. The van der Waals surface area contributed by atoms with Crippen molar-refractivity contribution < 1.29 is 4.79 Å². The Labute approximate surface area is 81.7 Å². The SMILES string of the molecule is Cc1cc(Cl)ccc1C(N)C(N)=O. The molecule has 4 N–H and O–H groups in total. The van der Waals surface area contributed by atoms with Gasteiger partial charge < -0.3 is 11.5 Å². The first-order valence-corrected chi connectivity index (χ1v) is 4.21. The Balaban J connectivity index is 3.08. The lowest BCUT2D eigenvalue weighted by Gasteiger charge is -2.10. The van der Waals surface area contributed by atoms with Gasteiger partial charge >= 0.3 is 0 Å². The summed E-state index contributed by atoms with van der Waals surface area (Å²) < 4.78 is 0. The molecular formula is C9H11ClN2O. The van der Waals surface area contributed by atoms with Crippen molar-refractivity contribution in [1.82, 2.24) is 0 Å². The van der Waals surface area contributed by atoms with Gasteiger partial charge in [-0.05, 0) is 30.2 Å². The van der Waals surface area contributed by atoms with Crippen molar-refractivity contribution in [2.24, 2.45) is 11.5 Å². The predicted octanol–water partition coefficient (Wildman–Crippen LogP) is 1.13. The zero-order chi connectivity index (χ0) is 10.0. The van der Waals surface area contributed by atoms with Crippen LogP contribution in [0.3, 0.4) is 0 Å². The molecule has 1 aromatic carbocycles. The number of primary amides is 1. The van der Waals surface area contributed by atoms with E-state index < -0.39 is 11.9 Å². The fourth-order valence-corrected chi connectivity index (χ4v) is 1.37. The molecule has 0 aliphatic rings. The highest BCUT2D eigenvalue weighted by Gasteiger charge is 2.13. The minimum atomic E-state index is -0.753. The summed E-state index contributed by atoms with van der Waals surface area (Å²) in [6.07, 6.45) is 0. The summed E-state index contributed by atoms with van der Waals surface area (Å²) in [6, 6.07) is 4.40. The van der Waals surface area contributed by atoms with Crippen LogP contribution in [0.25, 0.3) is 0 Å². The van der Waals surface area contributed by atoms with Crippen LogP contribution in [0.5, 0.6) is 0 Å². The normalized spacial score (nSPS) is 12.5. The van der Waals surface area contributed by atoms with Crippen LogP contribution in [0, 0.1) is 6.92 Å². The van der Waals surface area contributed by atoms with Gasteiger partial charge in [0.25, 0.3) is 0 Å². The van der Waals surface area contributed by atoms with Crippen LogP contribution < -0.4 is 11.5 Å². The second-order valence-corrected chi connectivity index (χ2v) is 3.32. The van der Waals surface area contributed by atoms with Gasteiger partial charge in [0.2, 0.25) is 5.91 Å². The molecular weight excluding hydrogens is 188 g/mol. The fourth-order valence-electron chi connectivity index (χ4n) is 1.14. The maximum absolute atomic E-state index is 10.8. The van der Waals surface area contributed by atoms with Gasteiger partial charge in [-0.15, -0.1) is 0 Å². The van der Waals surface area contributed by atoms with Crippen molar-refractivity contribution in [3.05, 3.63) is 34.3 Å². The number of amides is 1. The summed E-state index contributed by atoms with van der Waals surface area (Å²) in [6.45, 7) is 1.84. The number of nitrogens with two attached hydrogens (primary N) is 2. The molecule has 70 valence electrons. The van der Waals surface area contributed by atoms with Gasteiger partial charge in [0.05, 0.1) is 0 Å². The summed E-state index contributed by atoms with van der Waals surface area (Å²) in [5.74, 6) is -0.537. The number of hydrogen-bond donors (Lipinski definition) is 2. The minimum absolute atomic E-state index is 0.537. The van der Waals surface area contributed by atoms with E-state index in [4.69, 9.17) is 23.1 Å². The van der Waals surface area contributed by atoms with Crippen LogP contribution in [-0.2, 0) is 4.79 Å². The molecule has 1 unspecified atom stereocenters. The molecule has 3 nitrogen and oxygen atoms in total. The van der Waals surface area contributed by atoms with E-state index in [1.165, 1.54) is 0 Å². The zero-order valence-corrected chi connectivity index (χ0v) is 8.01. The van der Waals surface area contributed by atoms with Gasteiger partial charge in [-0.2, -0.15) is 0 Å². The van der Waals surface area contributed by atoms with Crippen molar-refractivity contribution >= 4 is 17.5 Å². The largest absolute Gasteiger partial charge is 0.368 e. The van der Waals surface area contributed by atoms with E-state index >= 15 is 0 Å². The highest BCUT2D eigenvalue weighted by atomic mass is 35.5. The first-order valence-electron chi connectivity index (χ1n) is 3.83. The molecule has 0 aliphatic carbocycles. The lowest BCUT2D eigenvalue weighted by atomic mass is 10.0. The number of carbonyl (C=O) groups is 1. The van der Waals surface area contributed by atoms with Gasteiger partial charge in [0.15, 0.2) is 0 Å². The van der Waals surface area contributed by atoms with Crippen LogP contribution in [-0.4, -0.2) is 5.91 Å². The van der Waals surface area contributed by atoms with Gasteiger partial charge in [0, 0.05) is 5.02 Å². The highest BCUT2D eigenvalue weighted by Crippen LogP contribution is 2.19. The fraction of sp³-hybridized carbons (Fsp3) is 0.222. The molecule has 0 aliphatic heterocycles. The minimum Gasteiger partial charge on any atom is -0.368 e. The molecule has 0 heterocycles. The molecule has 0 saturated carbocycles. The Morgan fingerprint density at radius 3 is 2.62 bits per heavy atom. The Morgan fingerprint density at radius 2 is 2.15 bits per heavy atom. The molecule has 1 atom stereocenters. The van der Waals surface area contributed by atoms with E-state index in [2.05, 4.69) is 0 Å². The average molecular weight is 199 g/mol. The first kappa shape index (κ1) is 10.0. The van der Waals surface area contributed by atoms with E-state index in [1.807, 2.05) is 6.92 Å². The Kier molecular flexibility index (Phi) is 2.90. The van der Waals surface area contributed by atoms with E-state index in [0.717, 1.165) is 11.1 Å². The smallest absolute Gasteiger partial charge is 0.238 e. The molecule has 13 heavy (non-hydrogen) atoms. The van der Waals surface area contributed by atoms with Crippen molar-refractivity contribution in [2.75, 3.05) is 0 Å². The number of carbonyl (C=O) groups excluding carboxylic acids is 1. The van der Waals surface area contributed by atoms with Crippen LogP contribution in [0.4, 0.5) is 0 Å². The first-order chi connectivity index (χ1) is 6.02. The molecule has 1 rings (SSSR count). The second kappa shape index (κ2) is 3.77. The number of halogens is 1. The number of rotatable bonds is 2. The lowest BCUT2D eigenvalue weighted by Crippen LogP contribution is -2.28. The van der Waals surface area contributed by atoms with Gasteiger partial charge in [-0.1, -0.05) is 17.7 Å². The van der Waals surface area contributed by atoms with E-state index in [1.54, 1.807) is 18.2 Å². The summed E-state index contributed by atoms with van der Waals surface area (Å²) in [5.41, 5.74) is 12.2. The molecule has 0 spiro atoms. The topological polar surface area (TPSA) is 69.1 Å². The van der Waals surface area contributed by atoms with Crippen molar-refractivity contribution in [1.29, 1.82) is 0 Å². The highest BCUT2D eigenvalue weighted by molar-refractivity contribution is 6.30. The number of hydrogen-bond acceptors (Lipinski definition) is 2.